The number of carboxylic acids is 1. The van der Waals surface area contributed by atoms with E-state index in [-0.39, 0.29) is 17.9 Å². The molecule has 8 nitrogen and oxygen atoms in total. The first-order chi connectivity index (χ1) is 12.8. The molecule has 0 radical (unpaired) electrons. The zero-order valence-electron chi connectivity index (χ0n) is 15.7. The standard InChI is InChI=1S/C19H27N3O5/c1-13(2)10-20-19(26)22-9-3-4-14(11-22)18(25)21-15-5-7-16(8-6-15)27-12-17(23)24/h5-8,13-14H,3-4,9-12H2,1-2H3,(H,20,26)(H,21,25)(H,23,24). The van der Waals surface area contributed by atoms with Gasteiger partial charge in [0.1, 0.15) is 5.75 Å². The molecule has 1 aliphatic heterocycles. The SMILES string of the molecule is CC(C)CNC(=O)N1CCCC(C(=O)Nc2ccc(OCC(=O)O)cc2)C1. The maximum atomic E-state index is 12.5. The van der Waals surface area contributed by atoms with E-state index >= 15 is 0 Å². The summed E-state index contributed by atoms with van der Waals surface area (Å²) in [6.07, 6.45) is 1.52. The van der Waals surface area contributed by atoms with Gasteiger partial charge in [0.15, 0.2) is 6.61 Å². The molecule has 1 aromatic carbocycles. The molecule has 0 aromatic heterocycles. The van der Waals surface area contributed by atoms with Crippen LogP contribution in [-0.4, -0.2) is 54.2 Å². The molecule has 1 atom stereocenters. The van der Waals surface area contributed by atoms with E-state index in [9.17, 15) is 14.4 Å². The molecule has 148 valence electrons. The van der Waals surface area contributed by atoms with E-state index in [0.717, 1.165) is 12.8 Å². The Morgan fingerprint density at radius 3 is 2.59 bits per heavy atom. The van der Waals surface area contributed by atoms with E-state index in [1.54, 1.807) is 29.2 Å². The number of hydrogen-bond donors (Lipinski definition) is 3. The van der Waals surface area contributed by atoms with Crippen molar-refractivity contribution in [3.8, 4) is 5.75 Å². The lowest BCUT2D eigenvalue weighted by Crippen LogP contribution is -2.48. The van der Waals surface area contributed by atoms with Gasteiger partial charge in [0.2, 0.25) is 5.91 Å². The van der Waals surface area contributed by atoms with E-state index in [1.807, 2.05) is 13.8 Å². The van der Waals surface area contributed by atoms with E-state index in [4.69, 9.17) is 9.84 Å². The van der Waals surface area contributed by atoms with Crippen LogP contribution in [0.5, 0.6) is 5.75 Å². The van der Waals surface area contributed by atoms with E-state index in [1.165, 1.54) is 0 Å². The lowest BCUT2D eigenvalue weighted by molar-refractivity contribution is -0.139. The number of ether oxygens (including phenoxy) is 1. The minimum atomic E-state index is -1.05. The molecule has 1 heterocycles. The fraction of sp³-hybridized carbons (Fsp3) is 0.526. The summed E-state index contributed by atoms with van der Waals surface area (Å²) in [5.74, 6) is -0.643. The average molecular weight is 377 g/mol. The molecule has 0 saturated carbocycles. The highest BCUT2D eigenvalue weighted by atomic mass is 16.5. The van der Waals surface area contributed by atoms with Crippen molar-refractivity contribution in [3.63, 3.8) is 0 Å². The second kappa shape index (κ2) is 9.80. The lowest BCUT2D eigenvalue weighted by Gasteiger charge is -2.32. The fourth-order valence-corrected chi connectivity index (χ4v) is 2.80. The van der Waals surface area contributed by atoms with Crippen LogP contribution >= 0.6 is 0 Å². The number of piperidine rings is 1. The zero-order chi connectivity index (χ0) is 19.8. The van der Waals surface area contributed by atoms with E-state index in [0.29, 0.717) is 37.0 Å². The Balaban J connectivity index is 1.85. The predicted molar refractivity (Wildman–Crippen MR) is 101 cm³/mol. The lowest BCUT2D eigenvalue weighted by atomic mass is 9.97. The number of aliphatic carboxylic acids is 1. The van der Waals surface area contributed by atoms with Crippen molar-refractivity contribution >= 4 is 23.6 Å². The number of nitrogens with one attached hydrogen (secondary N) is 2. The third-order valence-corrected chi connectivity index (χ3v) is 4.23. The Morgan fingerprint density at radius 2 is 1.96 bits per heavy atom. The number of hydrogen-bond acceptors (Lipinski definition) is 4. The Hall–Kier alpha value is -2.77. The summed E-state index contributed by atoms with van der Waals surface area (Å²) in [6.45, 7) is 5.32. The summed E-state index contributed by atoms with van der Waals surface area (Å²) in [4.78, 5) is 36.9. The van der Waals surface area contributed by atoms with Crippen molar-refractivity contribution in [3.05, 3.63) is 24.3 Å². The van der Waals surface area contributed by atoms with Crippen LogP contribution in [0.3, 0.4) is 0 Å². The number of carbonyl (C=O) groups is 3. The molecule has 2 rings (SSSR count). The van der Waals surface area contributed by atoms with Crippen LogP contribution in [0.15, 0.2) is 24.3 Å². The molecule has 8 heteroatoms. The van der Waals surface area contributed by atoms with Gasteiger partial charge >= 0.3 is 12.0 Å². The monoisotopic (exact) mass is 377 g/mol. The zero-order valence-corrected chi connectivity index (χ0v) is 15.7. The Labute approximate surface area is 158 Å². The molecule has 27 heavy (non-hydrogen) atoms. The van der Waals surface area contributed by atoms with Crippen LogP contribution < -0.4 is 15.4 Å². The highest BCUT2D eigenvalue weighted by Crippen LogP contribution is 2.20. The number of nitrogens with zero attached hydrogens (tertiary/aromatic N) is 1. The minimum absolute atomic E-state index is 0.124. The van der Waals surface area contributed by atoms with Gasteiger partial charge in [0.25, 0.3) is 0 Å². The fourth-order valence-electron chi connectivity index (χ4n) is 2.80. The number of anilines is 1. The van der Waals surface area contributed by atoms with E-state index < -0.39 is 12.6 Å². The number of carboxylic acid groups (broad SMARTS) is 1. The first kappa shape index (κ1) is 20.5. The maximum absolute atomic E-state index is 12.5. The van der Waals surface area contributed by atoms with Gasteiger partial charge in [-0.15, -0.1) is 0 Å². The number of urea groups is 1. The minimum Gasteiger partial charge on any atom is -0.482 e. The van der Waals surface area contributed by atoms with Gasteiger partial charge < -0.3 is 25.4 Å². The van der Waals surface area contributed by atoms with Crippen molar-refractivity contribution in [1.82, 2.24) is 10.2 Å². The van der Waals surface area contributed by atoms with Crippen molar-refractivity contribution < 1.29 is 24.2 Å². The number of amides is 3. The largest absolute Gasteiger partial charge is 0.482 e. The molecule has 1 fully saturated rings. The maximum Gasteiger partial charge on any atom is 0.341 e. The molecule has 0 spiro atoms. The van der Waals surface area contributed by atoms with Gasteiger partial charge in [0, 0.05) is 25.3 Å². The van der Waals surface area contributed by atoms with Crippen LogP contribution in [0.2, 0.25) is 0 Å². The van der Waals surface area contributed by atoms with Gasteiger partial charge in [-0.3, -0.25) is 4.79 Å². The summed E-state index contributed by atoms with van der Waals surface area (Å²) >= 11 is 0. The van der Waals surface area contributed by atoms with Gasteiger partial charge in [-0.25, -0.2) is 9.59 Å². The molecule has 0 aliphatic carbocycles. The third-order valence-electron chi connectivity index (χ3n) is 4.23. The van der Waals surface area contributed by atoms with Crippen molar-refractivity contribution in [2.24, 2.45) is 11.8 Å². The van der Waals surface area contributed by atoms with Crippen LogP contribution in [0.4, 0.5) is 10.5 Å². The van der Waals surface area contributed by atoms with Crippen LogP contribution in [-0.2, 0) is 9.59 Å². The van der Waals surface area contributed by atoms with E-state index in [2.05, 4.69) is 10.6 Å². The summed E-state index contributed by atoms with van der Waals surface area (Å²) < 4.78 is 5.06. The van der Waals surface area contributed by atoms with Crippen LogP contribution in [0, 0.1) is 11.8 Å². The number of likely N-dealkylation sites (tertiary alicyclic amines) is 1. The Bertz CT molecular complexity index is 660. The van der Waals surface area contributed by atoms with Crippen molar-refractivity contribution in [1.29, 1.82) is 0 Å². The molecule has 1 unspecified atom stereocenters. The Kier molecular flexibility index (Phi) is 7.45. The number of benzene rings is 1. The molecule has 1 aromatic rings. The first-order valence-electron chi connectivity index (χ1n) is 9.13. The van der Waals surface area contributed by atoms with Gasteiger partial charge in [-0.2, -0.15) is 0 Å². The quantitative estimate of drug-likeness (QED) is 0.675. The highest BCUT2D eigenvalue weighted by molar-refractivity contribution is 5.93. The molecular weight excluding hydrogens is 350 g/mol. The second-order valence-corrected chi connectivity index (χ2v) is 7.06. The Morgan fingerprint density at radius 1 is 1.26 bits per heavy atom. The summed E-state index contributed by atoms with van der Waals surface area (Å²) in [6, 6.07) is 6.40. The summed E-state index contributed by atoms with van der Waals surface area (Å²) in [5.41, 5.74) is 0.601. The number of rotatable bonds is 7. The highest BCUT2D eigenvalue weighted by Gasteiger charge is 2.28. The van der Waals surface area contributed by atoms with Crippen molar-refractivity contribution in [2.45, 2.75) is 26.7 Å². The topological polar surface area (TPSA) is 108 Å². The normalized spacial score (nSPS) is 16.7. The molecule has 3 N–H and O–H groups in total. The van der Waals surface area contributed by atoms with Gasteiger partial charge in [-0.1, -0.05) is 13.8 Å². The second-order valence-electron chi connectivity index (χ2n) is 7.06. The average Bonchev–Trinajstić information content (AvgIpc) is 2.65. The molecular formula is C19H27N3O5. The molecule has 1 aliphatic rings. The van der Waals surface area contributed by atoms with Crippen molar-refractivity contribution in [2.75, 3.05) is 31.6 Å². The molecule has 0 bridgehead atoms. The van der Waals surface area contributed by atoms with Crippen LogP contribution in [0.1, 0.15) is 26.7 Å². The smallest absolute Gasteiger partial charge is 0.341 e. The van der Waals surface area contributed by atoms with Gasteiger partial charge in [0.05, 0.1) is 5.92 Å². The molecule has 1 saturated heterocycles. The third kappa shape index (κ3) is 6.80. The summed E-state index contributed by atoms with van der Waals surface area (Å²) in [7, 11) is 0. The first-order valence-corrected chi connectivity index (χ1v) is 9.13. The van der Waals surface area contributed by atoms with Gasteiger partial charge in [-0.05, 0) is 43.0 Å². The molecule has 3 amide bonds. The predicted octanol–water partition coefficient (Wildman–Crippen LogP) is 2.17. The summed E-state index contributed by atoms with van der Waals surface area (Å²) in [5, 5.41) is 14.3. The number of carbonyl (C=O) groups excluding carboxylic acids is 2. The van der Waals surface area contributed by atoms with Crippen LogP contribution in [0.25, 0.3) is 0 Å².